The van der Waals surface area contributed by atoms with Crippen LogP contribution in [0.25, 0.3) is 22.4 Å². The number of fused-ring (bicyclic) bond motifs is 1. The van der Waals surface area contributed by atoms with Gasteiger partial charge in [-0.2, -0.15) is 0 Å². The topological polar surface area (TPSA) is 90.0 Å². The molecule has 0 atom stereocenters. The number of aryl methyl sites for hydroxylation is 1. The number of nitrogens with two attached hydrogens (primary N) is 1. The molecule has 3 N–H and O–H groups in total. The summed E-state index contributed by atoms with van der Waals surface area (Å²) >= 11 is 0. The first-order valence-corrected chi connectivity index (χ1v) is 9.17. The van der Waals surface area contributed by atoms with Gasteiger partial charge in [-0.25, -0.2) is 4.98 Å². The van der Waals surface area contributed by atoms with Crippen molar-refractivity contribution < 1.29 is 9.59 Å². The van der Waals surface area contributed by atoms with Gasteiger partial charge in [-0.05, 0) is 73.7 Å². The molecule has 0 spiro atoms. The van der Waals surface area contributed by atoms with Crippen molar-refractivity contribution in [3.8, 4) is 11.4 Å². The van der Waals surface area contributed by atoms with Crippen molar-refractivity contribution in [2.75, 3.05) is 11.1 Å². The number of nitrogen functional groups attached to an aromatic ring is 1. The third-order valence-corrected chi connectivity index (χ3v) is 4.86. The first kappa shape index (κ1) is 18.4. The number of benzene rings is 3. The van der Waals surface area contributed by atoms with Gasteiger partial charge in [0.15, 0.2) is 5.78 Å². The van der Waals surface area contributed by atoms with Gasteiger partial charge in [0, 0.05) is 35.1 Å². The number of carbonyl (C=O) groups excluding carboxylic acids is 2. The summed E-state index contributed by atoms with van der Waals surface area (Å²) in [7, 11) is 1.94. The molecule has 144 valence electrons. The maximum atomic E-state index is 12.3. The Hall–Kier alpha value is -3.93. The highest BCUT2D eigenvalue weighted by Crippen LogP contribution is 2.26. The molecule has 0 bridgehead atoms. The van der Waals surface area contributed by atoms with Crippen molar-refractivity contribution in [1.29, 1.82) is 0 Å². The zero-order valence-electron chi connectivity index (χ0n) is 16.1. The van der Waals surface area contributed by atoms with Crippen molar-refractivity contribution in [3.63, 3.8) is 0 Å². The van der Waals surface area contributed by atoms with Crippen molar-refractivity contribution >= 4 is 34.1 Å². The summed E-state index contributed by atoms with van der Waals surface area (Å²) in [5, 5.41) is 2.87. The van der Waals surface area contributed by atoms with E-state index in [-0.39, 0.29) is 11.7 Å². The molecule has 0 aliphatic rings. The van der Waals surface area contributed by atoms with Crippen molar-refractivity contribution in [2.45, 2.75) is 6.92 Å². The van der Waals surface area contributed by atoms with E-state index in [1.165, 1.54) is 0 Å². The molecule has 0 aliphatic carbocycles. The summed E-state index contributed by atoms with van der Waals surface area (Å²) in [6, 6.07) is 19.8. The summed E-state index contributed by atoms with van der Waals surface area (Å²) < 4.78 is 1.99. The Morgan fingerprint density at radius 1 is 0.931 bits per heavy atom. The van der Waals surface area contributed by atoms with Crippen LogP contribution in [0.1, 0.15) is 27.6 Å². The number of imidazole rings is 1. The second-order valence-corrected chi connectivity index (χ2v) is 6.91. The number of hydrogen-bond donors (Lipinski definition) is 2. The van der Waals surface area contributed by atoms with E-state index in [0.29, 0.717) is 22.5 Å². The smallest absolute Gasteiger partial charge is 0.255 e. The number of anilines is 2. The van der Waals surface area contributed by atoms with Gasteiger partial charge in [0.05, 0.1) is 11.0 Å². The molecule has 0 fully saturated rings. The van der Waals surface area contributed by atoms with Gasteiger partial charge in [0.25, 0.3) is 5.91 Å². The van der Waals surface area contributed by atoms with E-state index in [4.69, 9.17) is 5.73 Å². The number of ketones is 1. The number of carbonyl (C=O) groups is 2. The zero-order valence-corrected chi connectivity index (χ0v) is 16.1. The van der Waals surface area contributed by atoms with E-state index in [0.717, 1.165) is 22.4 Å². The lowest BCUT2D eigenvalue weighted by atomic mass is 10.1. The summed E-state index contributed by atoms with van der Waals surface area (Å²) in [4.78, 5) is 28.6. The van der Waals surface area contributed by atoms with Crippen molar-refractivity contribution in [1.82, 2.24) is 9.55 Å². The van der Waals surface area contributed by atoms with Crippen LogP contribution in [0.2, 0.25) is 0 Å². The van der Waals surface area contributed by atoms with E-state index in [2.05, 4.69) is 10.3 Å². The second-order valence-electron chi connectivity index (χ2n) is 6.91. The van der Waals surface area contributed by atoms with Crippen LogP contribution >= 0.6 is 0 Å². The van der Waals surface area contributed by atoms with E-state index in [9.17, 15) is 9.59 Å². The first-order chi connectivity index (χ1) is 13.9. The molecule has 4 rings (SSSR count). The highest BCUT2D eigenvalue weighted by atomic mass is 16.1. The number of Topliss-reactive ketones (excluding diaryl/α,β-unsaturated/α-hetero) is 1. The van der Waals surface area contributed by atoms with Gasteiger partial charge in [-0.1, -0.05) is 0 Å². The Bertz CT molecular complexity index is 1220. The van der Waals surface area contributed by atoms with Gasteiger partial charge in [-0.15, -0.1) is 0 Å². The average molecular weight is 384 g/mol. The molecule has 1 heterocycles. The van der Waals surface area contributed by atoms with Crippen LogP contribution in [0.4, 0.5) is 11.4 Å². The van der Waals surface area contributed by atoms with Gasteiger partial charge >= 0.3 is 0 Å². The quantitative estimate of drug-likeness (QED) is 0.406. The fourth-order valence-electron chi connectivity index (χ4n) is 3.22. The lowest BCUT2D eigenvalue weighted by molar-refractivity contribution is 0.101. The number of rotatable bonds is 4. The molecule has 1 amide bonds. The molecule has 29 heavy (non-hydrogen) atoms. The number of hydrogen-bond acceptors (Lipinski definition) is 4. The van der Waals surface area contributed by atoms with Crippen LogP contribution < -0.4 is 11.1 Å². The molecule has 4 aromatic rings. The molecule has 0 radical (unpaired) electrons. The van der Waals surface area contributed by atoms with Gasteiger partial charge in [0.1, 0.15) is 5.82 Å². The summed E-state index contributed by atoms with van der Waals surface area (Å²) in [6.45, 7) is 1.54. The molecule has 3 aromatic carbocycles. The normalized spacial score (nSPS) is 10.8. The lowest BCUT2D eigenvalue weighted by Crippen LogP contribution is -2.11. The highest BCUT2D eigenvalue weighted by molar-refractivity contribution is 6.04. The highest BCUT2D eigenvalue weighted by Gasteiger charge is 2.12. The molecule has 6 heteroatoms. The summed E-state index contributed by atoms with van der Waals surface area (Å²) in [5.41, 5.74) is 10.8. The Balaban J connectivity index is 1.59. The van der Waals surface area contributed by atoms with Crippen LogP contribution in [0.15, 0.2) is 66.7 Å². The predicted octanol–water partition coefficient (Wildman–Crippen LogP) is 4.28. The van der Waals surface area contributed by atoms with E-state index >= 15 is 0 Å². The zero-order chi connectivity index (χ0) is 20.5. The number of nitrogens with zero attached hydrogens (tertiary/aromatic N) is 2. The van der Waals surface area contributed by atoms with E-state index < -0.39 is 0 Å². The van der Waals surface area contributed by atoms with Crippen molar-refractivity contribution in [2.24, 2.45) is 7.05 Å². The molecule has 0 saturated carbocycles. The maximum Gasteiger partial charge on any atom is 0.255 e. The average Bonchev–Trinajstić information content (AvgIpc) is 3.05. The van der Waals surface area contributed by atoms with Crippen LogP contribution in [0, 0.1) is 0 Å². The van der Waals surface area contributed by atoms with Gasteiger partial charge in [0.2, 0.25) is 0 Å². The van der Waals surface area contributed by atoms with Gasteiger partial charge < -0.3 is 15.6 Å². The third-order valence-electron chi connectivity index (χ3n) is 4.86. The minimum atomic E-state index is -0.197. The molecule has 6 nitrogen and oxygen atoms in total. The third kappa shape index (κ3) is 3.60. The Morgan fingerprint density at radius 3 is 2.24 bits per heavy atom. The number of aromatic nitrogens is 2. The lowest BCUT2D eigenvalue weighted by Gasteiger charge is -2.07. The minimum Gasteiger partial charge on any atom is -0.399 e. The summed E-state index contributed by atoms with van der Waals surface area (Å²) in [6.07, 6.45) is 0. The van der Waals surface area contributed by atoms with Gasteiger partial charge in [-0.3, -0.25) is 9.59 Å². The largest absolute Gasteiger partial charge is 0.399 e. The monoisotopic (exact) mass is 384 g/mol. The van der Waals surface area contributed by atoms with Crippen LogP contribution in [0.3, 0.4) is 0 Å². The standard InChI is InChI=1S/C23H20N4O2/c1-14(28)17-7-12-21-20(13-17)26-22(27(21)2)15-5-10-19(11-6-15)25-23(29)16-3-8-18(24)9-4-16/h3-13H,24H2,1-2H3,(H,25,29). The predicted molar refractivity (Wildman–Crippen MR) is 115 cm³/mol. The Labute approximate surface area is 168 Å². The van der Waals surface area contributed by atoms with Crippen LogP contribution in [-0.2, 0) is 7.05 Å². The van der Waals surface area contributed by atoms with E-state index in [1.54, 1.807) is 31.2 Å². The maximum absolute atomic E-state index is 12.3. The van der Waals surface area contributed by atoms with Crippen LogP contribution in [-0.4, -0.2) is 21.2 Å². The van der Waals surface area contributed by atoms with E-state index in [1.807, 2.05) is 54.1 Å². The second kappa shape index (κ2) is 7.24. The molecule has 0 unspecified atom stereocenters. The fraction of sp³-hybridized carbons (Fsp3) is 0.0870. The Kier molecular flexibility index (Phi) is 4.60. The molecule has 0 saturated heterocycles. The Morgan fingerprint density at radius 2 is 1.59 bits per heavy atom. The SMILES string of the molecule is CC(=O)c1ccc2c(c1)nc(-c1ccc(NC(=O)c3ccc(N)cc3)cc1)n2C. The number of amides is 1. The first-order valence-electron chi connectivity index (χ1n) is 9.17. The fourth-order valence-corrected chi connectivity index (χ4v) is 3.22. The molecule has 1 aromatic heterocycles. The summed E-state index contributed by atoms with van der Waals surface area (Å²) in [5.74, 6) is 0.606. The van der Waals surface area contributed by atoms with Crippen LogP contribution in [0.5, 0.6) is 0 Å². The molecular formula is C23H20N4O2. The molecular weight excluding hydrogens is 364 g/mol. The number of nitrogens with one attached hydrogen (secondary N) is 1. The minimum absolute atomic E-state index is 0.0142. The van der Waals surface area contributed by atoms with Crippen molar-refractivity contribution in [3.05, 3.63) is 77.9 Å². The molecule has 0 aliphatic heterocycles.